The molecule has 2 rings (SSSR count). The van der Waals surface area contributed by atoms with Gasteiger partial charge in [0, 0.05) is 78.5 Å². The average Bonchev–Trinajstić information content (AvgIpc) is 2.95. The monoisotopic (exact) mass is 575 g/mol. The Kier molecular flexibility index (Phi) is 16.3. The van der Waals surface area contributed by atoms with E-state index in [-0.39, 0.29) is 19.6 Å². The van der Waals surface area contributed by atoms with Gasteiger partial charge in [-0.25, -0.2) is 0 Å². The second-order valence-corrected chi connectivity index (χ2v) is 12.4. The van der Waals surface area contributed by atoms with E-state index in [2.05, 4.69) is 40.4 Å². The molecule has 0 aliphatic carbocycles. The Bertz CT molecular complexity index is 625. The van der Waals surface area contributed by atoms with E-state index in [1.807, 2.05) is 4.90 Å². The quantitative estimate of drug-likeness (QED) is 0.143. The molecule has 11 heteroatoms. The third-order valence-corrected chi connectivity index (χ3v) is 8.98. The fourth-order valence-corrected chi connectivity index (χ4v) is 6.58. The van der Waals surface area contributed by atoms with Gasteiger partial charge in [0.05, 0.1) is 49.5 Å². The van der Waals surface area contributed by atoms with Crippen molar-refractivity contribution >= 4 is 0 Å². The van der Waals surface area contributed by atoms with Crippen molar-refractivity contribution in [3.8, 4) is 0 Å². The lowest BCUT2D eigenvalue weighted by atomic mass is 9.65. The summed E-state index contributed by atoms with van der Waals surface area (Å²) in [6.07, 6.45) is 1.41. The number of likely N-dealkylation sites (tertiary alicyclic amines) is 1. The van der Waals surface area contributed by atoms with Crippen LogP contribution in [-0.2, 0) is 0 Å². The second kappa shape index (κ2) is 18.3. The van der Waals surface area contributed by atoms with Crippen LogP contribution in [0.15, 0.2) is 0 Å². The Morgan fingerprint density at radius 2 is 0.850 bits per heavy atom. The van der Waals surface area contributed by atoms with Gasteiger partial charge in [0.25, 0.3) is 0 Å². The second-order valence-electron chi connectivity index (χ2n) is 12.4. The van der Waals surface area contributed by atoms with Crippen molar-refractivity contribution in [2.24, 2.45) is 10.8 Å². The Morgan fingerprint density at radius 3 is 1.15 bits per heavy atom. The van der Waals surface area contributed by atoms with E-state index in [1.54, 1.807) is 0 Å². The van der Waals surface area contributed by atoms with Crippen LogP contribution in [0.5, 0.6) is 0 Å². The van der Waals surface area contributed by atoms with Crippen LogP contribution in [0.3, 0.4) is 0 Å². The summed E-state index contributed by atoms with van der Waals surface area (Å²) in [5.74, 6) is 0. The number of hydrogen-bond acceptors (Lipinski definition) is 11. The first-order valence-corrected chi connectivity index (χ1v) is 15.7. The first-order chi connectivity index (χ1) is 19.2. The number of nitrogens with zero attached hydrogens (tertiary/aromatic N) is 5. The lowest BCUT2D eigenvalue weighted by Crippen LogP contribution is -2.68. The minimum atomic E-state index is -1.29. The molecular weight excluding hydrogens is 514 g/mol. The van der Waals surface area contributed by atoms with Crippen LogP contribution in [0.2, 0.25) is 0 Å². The van der Waals surface area contributed by atoms with E-state index in [0.29, 0.717) is 6.54 Å². The van der Waals surface area contributed by atoms with Crippen molar-refractivity contribution < 1.29 is 30.6 Å². The van der Waals surface area contributed by atoms with Gasteiger partial charge in [-0.2, -0.15) is 0 Å². The molecule has 2 fully saturated rings. The van der Waals surface area contributed by atoms with Crippen molar-refractivity contribution in [2.45, 2.75) is 52.2 Å². The van der Waals surface area contributed by atoms with E-state index in [1.165, 1.54) is 6.42 Å². The highest BCUT2D eigenvalue weighted by Gasteiger charge is 2.55. The van der Waals surface area contributed by atoms with Crippen molar-refractivity contribution in [1.82, 2.24) is 24.5 Å². The number of aliphatic hydroxyl groups excluding tert-OH is 6. The van der Waals surface area contributed by atoms with Gasteiger partial charge in [-0.1, -0.05) is 20.8 Å². The molecule has 11 nitrogen and oxygen atoms in total. The third kappa shape index (κ3) is 10.1. The minimum Gasteiger partial charge on any atom is -0.396 e. The van der Waals surface area contributed by atoms with Crippen LogP contribution in [0, 0.1) is 10.8 Å². The summed E-state index contributed by atoms with van der Waals surface area (Å²) in [7, 11) is 0. The predicted molar refractivity (Wildman–Crippen MR) is 158 cm³/mol. The molecule has 0 bridgehead atoms. The first-order valence-electron chi connectivity index (χ1n) is 15.7. The smallest absolute Gasteiger partial charge is 0.0793 e. The first kappa shape index (κ1) is 35.8. The van der Waals surface area contributed by atoms with Crippen LogP contribution in [0.4, 0.5) is 0 Å². The van der Waals surface area contributed by atoms with Gasteiger partial charge >= 0.3 is 0 Å². The molecule has 0 radical (unpaired) electrons. The highest BCUT2D eigenvalue weighted by atomic mass is 16.3. The maximum absolute atomic E-state index is 11.2. The molecule has 6 N–H and O–H groups in total. The standard InChI is InChI=1S/C29H61N5O6/c1-4-7-30-10-12-31(8-5-2)14-16-33(17-15-32(9-6-3)13-11-30)18-26(39)19-34-20-28(22-35,23-36)27(40)29(21-34,24-37)25-38/h26-27,35-40H,4-25H2,1-3H3. The summed E-state index contributed by atoms with van der Waals surface area (Å²) < 4.78 is 0. The lowest BCUT2D eigenvalue weighted by molar-refractivity contribution is -0.196. The molecule has 2 aliphatic rings. The molecule has 0 aromatic heterocycles. The molecule has 1 unspecified atom stereocenters. The molecule has 0 aromatic carbocycles. The molecule has 0 saturated carbocycles. The van der Waals surface area contributed by atoms with Gasteiger partial charge in [0.15, 0.2) is 0 Å². The number of piperidine rings is 1. The molecule has 0 spiro atoms. The summed E-state index contributed by atoms with van der Waals surface area (Å²) in [4.78, 5) is 11.9. The summed E-state index contributed by atoms with van der Waals surface area (Å²) in [6, 6.07) is 0. The molecule has 0 aromatic rings. The summed E-state index contributed by atoms with van der Waals surface area (Å²) in [6.45, 7) is 16.9. The molecule has 2 heterocycles. The molecule has 2 saturated heterocycles. The number of hydrogen-bond donors (Lipinski definition) is 6. The van der Waals surface area contributed by atoms with Crippen molar-refractivity contribution in [3.63, 3.8) is 0 Å². The van der Waals surface area contributed by atoms with Crippen LogP contribution >= 0.6 is 0 Å². The Labute approximate surface area is 243 Å². The van der Waals surface area contributed by atoms with Crippen LogP contribution < -0.4 is 0 Å². The van der Waals surface area contributed by atoms with Gasteiger partial charge in [-0.15, -0.1) is 0 Å². The zero-order valence-electron chi connectivity index (χ0n) is 25.6. The normalized spacial score (nSPS) is 24.5. The van der Waals surface area contributed by atoms with E-state index in [9.17, 15) is 30.6 Å². The maximum Gasteiger partial charge on any atom is 0.0793 e. The van der Waals surface area contributed by atoms with Crippen LogP contribution in [-0.4, -0.2) is 192 Å². The fourth-order valence-electron chi connectivity index (χ4n) is 6.58. The van der Waals surface area contributed by atoms with Crippen molar-refractivity contribution in [3.05, 3.63) is 0 Å². The van der Waals surface area contributed by atoms with E-state index >= 15 is 0 Å². The highest BCUT2D eigenvalue weighted by Crippen LogP contribution is 2.40. The van der Waals surface area contributed by atoms with Gasteiger partial charge in [0.2, 0.25) is 0 Å². The topological polar surface area (TPSA) is 138 Å². The molecule has 2 aliphatic heterocycles. The van der Waals surface area contributed by atoms with E-state index in [4.69, 9.17) is 0 Å². The van der Waals surface area contributed by atoms with Gasteiger partial charge in [-0.05, 0) is 38.9 Å². The molecule has 1 atom stereocenters. The Balaban J connectivity index is 2.12. The third-order valence-electron chi connectivity index (χ3n) is 8.98. The lowest BCUT2D eigenvalue weighted by Gasteiger charge is -2.54. The zero-order chi connectivity index (χ0) is 29.6. The predicted octanol–water partition coefficient (Wildman–Crippen LogP) is -1.58. The maximum atomic E-state index is 11.2. The Hall–Kier alpha value is -0.440. The number of β-amino-alcohol motifs (C(OH)–C–C–N with tert-alkyl or cyclic N) is 1. The van der Waals surface area contributed by atoms with E-state index < -0.39 is 49.5 Å². The summed E-state index contributed by atoms with van der Waals surface area (Å²) in [5, 5.41) is 62.5. The molecule has 40 heavy (non-hydrogen) atoms. The SMILES string of the molecule is CCCN1CCN(CCC)CCN(CC(O)CN2CC(CO)(CO)C(O)C(CO)(CO)C2)CCN(CCC)CC1. The zero-order valence-corrected chi connectivity index (χ0v) is 25.6. The highest BCUT2D eigenvalue weighted by molar-refractivity contribution is 5.05. The van der Waals surface area contributed by atoms with E-state index in [0.717, 1.165) is 84.8 Å². The van der Waals surface area contributed by atoms with Crippen LogP contribution in [0.1, 0.15) is 40.0 Å². The summed E-state index contributed by atoms with van der Waals surface area (Å²) >= 11 is 0. The number of rotatable bonds is 14. The molecule has 0 amide bonds. The van der Waals surface area contributed by atoms with Crippen molar-refractivity contribution in [2.75, 3.05) is 125 Å². The summed E-state index contributed by atoms with van der Waals surface area (Å²) in [5.41, 5.74) is -2.58. The molecule has 238 valence electrons. The van der Waals surface area contributed by atoms with Gasteiger partial charge < -0.3 is 45.3 Å². The van der Waals surface area contributed by atoms with Crippen LogP contribution in [0.25, 0.3) is 0 Å². The van der Waals surface area contributed by atoms with Gasteiger partial charge in [-0.3, -0.25) is 9.80 Å². The fraction of sp³-hybridized carbons (Fsp3) is 1.00. The Morgan fingerprint density at radius 1 is 0.550 bits per heavy atom. The van der Waals surface area contributed by atoms with Crippen molar-refractivity contribution in [1.29, 1.82) is 0 Å². The van der Waals surface area contributed by atoms with Gasteiger partial charge in [0.1, 0.15) is 0 Å². The average molecular weight is 576 g/mol. The minimum absolute atomic E-state index is 0.169. The largest absolute Gasteiger partial charge is 0.396 e. The molecular formula is C29H61N5O6. The number of aliphatic hydroxyl groups is 6.